The van der Waals surface area contributed by atoms with Gasteiger partial charge in [-0.25, -0.2) is 0 Å². The lowest BCUT2D eigenvalue weighted by Gasteiger charge is -2.08. The van der Waals surface area contributed by atoms with Gasteiger partial charge >= 0.3 is 0 Å². The highest BCUT2D eigenvalue weighted by Gasteiger charge is 2.17. The summed E-state index contributed by atoms with van der Waals surface area (Å²) in [6.07, 6.45) is 5.20. The smallest absolute Gasteiger partial charge is 0.204 e. The minimum absolute atomic E-state index is 0.0463. The average Bonchev–Trinajstić information content (AvgIpc) is 2.67. The highest BCUT2D eigenvalue weighted by atomic mass is 79.9. The Morgan fingerprint density at radius 1 is 1.12 bits per heavy atom. The monoisotopic (exact) mass is 404 g/mol. The van der Waals surface area contributed by atoms with Gasteiger partial charge in [-0.2, -0.15) is 0 Å². The maximum absolute atomic E-state index is 12.6. The highest BCUT2D eigenvalue weighted by molar-refractivity contribution is 9.10. The van der Waals surface area contributed by atoms with Gasteiger partial charge in [0, 0.05) is 15.6 Å². The van der Waals surface area contributed by atoms with Gasteiger partial charge in [0.2, 0.25) is 5.78 Å². The number of allylic oxidation sites excluding steroid dienone is 3. The first-order valence-electron chi connectivity index (χ1n) is 8.28. The van der Waals surface area contributed by atoms with Crippen LogP contribution in [-0.2, 0) is 4.79 Å². The van der Waals surface area contributed by atoms with Crippen molar-refractivity contribution in [3.8, 4) is 17.6 Å². The van der Waals surface area contributed by atoms with Crippen molar-refractivity contribution in [1.29, 1.82) is 0 Å². The van der Waals surface area contributed by atoms with E-state index in [1.165, 1.54) is 0 Å². The number of hydrogen-bond acceptors (Lipinski definition) is 2. The van der Waals surface area contributed by atoms with Crippen LogP contribution in [0.2, 0.25) is 0 Å². The predicted molar refractivity (Wildman–Crippen MR) is 108 cm³/mol. The molecule has 2 aromatic rings. The van der Waals surface area contributed by atoms with E-state index >= 15 is 0 Å². The molecule has 0 fully saturated rings. The first-order chi connectivity index (χ1) is 12.7. The summed E-state index contributed by atoms with van der Waals surface area (Å²) in [6, 6.07) is 15.4. The molecule has 1 aliphatic carbocycles. The fourth-order valence-electron chi connectivity index (χ4n) is 2.57. The predicted octanol–water partition coefficient (Wildman–Crippen LogP) is 5.34. The van der Waals surface area contributed by atoms with Crippen molar-refractivity contribution in [3.05, 3.63) is 87.1 Å². The van der Waals surface area contributed by atoms with Gasteiger partial charge in [-0.1, -0.05) is 42.2 Å². The second-order valence-electron chi connectivity index (χ2n) is 5.76. The number of ether oxygens (including phenoxy) is 1. The molecule has 1 aliphatic rings. The number of carbonyl (C=O) groups excluding carboxylic acids is 1. The van der Waals surface area contributed by atoms with Crippen LogP contribution in [0, 0.1) is 11.8 Å². The number of Topliss-reactive ketones (excluding diaryl/α,β-unsaturated/α-hetero) is 1. The molecule has 2 aromatic carbocycles. The number of ketones is 1. The first-order valence-corrected chi connectivity index (χ1v) is 9.08. The SMILES string of the molecule is COc1cccc(C=C=C2CCC=C(C#Cc3ccccc3Br)C2=O)c1. The molecule has 0 aliphatic heterocycles. The molecule has 2 nitrogen and oxygen atoms in total. The van der Waals surface area contributed by atoms with E-state index in [1.807, 2.05) is 60.7 Å². The lowest BCUT2D eigenvalue weighted by atomic mass is 9.93. The Hall–Kier alpha value is -2.79. The second-order valence-corrected chi connectivity index (χ2v) is 6.61. The molecular formula is C23H17BrO2. The summed E-state index contributed by atoms with van der Waals surface area (Å²) in [4.78, 5) is 12.6. The van der Waals surface area contributed by atoms with Crippen LogP contribution in [0.1, 0.15) is 24.0 Å². The van der Waals surface area contributed by atoms with Crippen LogP contribution in [-0.4, -0.2) is 12.9 Å². The molecule has 0 unspecified atom stereocenters. The number of benzene rings is 2. The molecule has 0 saturated heterocycles. The summed E-state index contributed by atoms with van der Waals surface area (Å²) in [5, 5.41) is 0. The molecule has 0 radical (unpaired) electrons. The van der Waals surface area contributed by atoms with E-state index in [2.05, 4.69) is 33.5 Å². The number of hydrogen-bond donors (Lipinski definition) is 0. The molecular weight excluding hydrogens is 388 g/mol. The largest absolute Gasteiger partial charge is 0.497 e. The normalized spacial score (nSPS) is 13.2. The molecule has 26 heavy (non-hydrogen) atoms. The van der Waals surface area contributed by atoms with Crippen LogP contribution in [0.4, 0.5) is 0 Å². The standard InChI is InChI=1S/C23H17BrO2/c1-26-21-10-4-6-17(16-21)12-13-19-8-5-9-20(23(19)25)15-14-18-7-2-3-11-22(18)24/h2-4,6-7,9-12,16H,5,8H2,1H3. The number of carbonyl (C=O) groups is 1. The Morgan fingerprint density at radius 3 is 2.77 bits per heavy atom. The van der Waals surface area contributed by atoms with Crippen molar-refractivity contribution in [2.24, 2.45) is 0 Å². The van der Waals surface area contributed by atoms with Crippen molar-refractivity contribution < 1.29 is 9.53 Å². The molecule has 3 heteroatoms. The fraction of sp³-hybridized carbons (Fsp3) is 0.130. The Balaban J connectivity index is 1.84. The Morgan fingerprint density at radius 2 is 1.96 bits per heavy atom. The summed E-state index contributed by atoms with van der Waals surface area (Å²) < 4.78 is 6.14. The molecule has 3 rings (SSSR count). The van der Waals surface area contributed by atoms with Crippen molar-refractivity contribution >= 4 is 27.8 Å². The zero-order valence-electron chi connectivity index (χ0n) is 14.4. The summed E-state index contributed by atoms with van der Waals surface area (Å²) in [7, 11) is 1.63. The van der Waals surface area contributed by atoms with Crippen LogP contribution in [0.15, 0.2) is 76.0 Å². The van der Waals surface area contributed by atoms with E-state index in [-0.39, 0.29) is 5.78 Å². The van der Waals surface area contributed by atoms with Crippen molar-refractivity contribution in [3.63, 3.8) is 0 Å². The van der Waals surface area contributed by atoms with Gasteiger partial charge in [0.15, 0.2) is 0 Å². The molecule has 0 saturated carbocycles. The molecule has 0 atom stereocenters. The quantitative estimate of drug-likeness (QED) is 0.383. The molecule has 0 heterocycles. The van der Waals surface area contributed by atoms with E-state index in [4.69, 9.17) is 4.74 Å². The Labute approximate surface area is 162 Å². The van der Waals surface area contributed by atoms with Crippen molar-refractivity contribution in [2.75, 3.05) is 7.11 Å². The zero-order valence-corrected chi connectivity index (χ0v) is 16.0. The van der Waals surface area contributed by atoms with Crippen LogP contribution in [0.5, 0.6) is 5.75 Å². The number of halogens is 1. The van der Waals surface area contributed by atoms with Gasteiger partial charge < -0.3 is 4.74 Å². The average molecular weight is 405 g/mol. The van der Waals surface area contributed by atoms with Crippen LogP contribution in [0.3, 0.4) is 0 Å². The highest BCUT2D eigenvalue weighted by Crippen LogP contribution is 2.21. The summed E-state index contributed by atoms with van der Waals surface area (Å²) >= 11 is 3.47. The van der Waals surface area contributed by atoms with Gasteiger partial charge in [-0.3, -0.25) is 4.79 Å². The maximum atomic E-state index is 12.6. The number of methoxy groups -OCH3 is 1. The molecule has 0 N–H and O–H groups in total. The fourth-order valence-corrected chi connectivity index (χ4v) is 2.96. The van der Waals surface area contributed by atoms with Crippen LogP contribution >= 0.6 is 15.9 Å². The lowest BCUT2D eigenvalue weighted by Crippen LogP contribution is -2.09. The number of rotatable bonds is 2. The van der Waals surface area contributed by atoms with Gasteiger partial charge in [0.05, 0.1) is 12.7 Å². The second kappa shape index (κ2) is 8.54. The summed E-state index contributed by atoms with van der Waals surface area (Å²) in [5.41, 5.74) is 6.15. The molecule has 0 amide bonds. The summed E-state index contributed by atoms with van der Waals surface area (Å²) in [5.74, 6) is 6.81. The third kappa shape index (κ3) is 4.43. The topological polar surface area (TPSA) is 26.3 Å². The van der Waals surface area contributed by atoms with Crippen LogP contribution in [0.25, 0.3) is 6.08 Å². The third-order valence-corrected chi connectivity index (χ3v) is 4.67. The Kier molecular flexibility index (Phi) is 5.92. The maximum Gasteiger partial charge on any atom is 0.204 e. The third-order valence-electron chi connectivity index (χ3n) is 3.97. The van der Waals surface area contributed by atoms with E-state index in [1.54, 1.807) is 7.11 Å². The minimum Gasteiger partial charge on any atom is -0.497 e. The molecule has 0 spiro atoms. The van der Waals surface area contributed by atoms with Crippen LogP contribution < -0.4 is 4.74 Å². The first kappa shape index (κ1) is 18.0. The van der Waals surface area contributed by atoms with Gasteiger partial charge in [0.1, 0.15) is 5.75 Å². The molecule has 128 valence electrons. The van der Waals surface area contributed by atoms with E-state index < -0.39 is 0 Å². The zero-order chi connectivity index (χ0) is 18.4. The summed E-state index contributed by atoms with van der Waals surface area (Å²) in [6.45, 7) is 0. The molecule has 0 aromatic heterocycles. The molecule has 0 bridgehead atoms. The van der Waals surface area contributed by atoms with Gasteiger partial charge in [-0.15, -0.1) is 5.73 Å². The van der Waals surface area contributed by atoms with Crippen molar-refractivity contribution in [2.45, 2.75) is 12.8 Å². The van der Waals surface area contributed by atoms with E-state index in [9.17, 15) is 4.79 Å². The van der Waals surface area contributed by atoms with Gasteiger partial charge in [0.25, 0.3) is 0 Å². The van der Waals surface area contributed by atoms with Crippen molar-refractivity contribution in [1.82, 2.24) is 0 Å². The van der Waals surface area contributed by atoms with Gasteiger partial charge in [-0.05, 0) is 64.7 Å². The lowest BCUT2D eigenvalue weighted by molar-refractivity contribution is -0.112. The van der Waals surface area contributed by atoms with E-state index in [0.717, 1.165) is 27.8 Å². The van der Waals surface area contributed by atoms with E-state index in [0.29, 0.717) is 17.6 Å². The Bertz CT molecular complexity index is 996. The minimum atomic E-state index is -0.0463.